The Kier molecular flexibility index (Phi) is 5.27. The highest BCUT2D eigenvalue weighted by atomic mass is 35.5. The second kappa shape index (κ2) is 8.17. The molecule has 4 rings (SSSR count). The van der Waals surface area contributed by atoms with Gasteiger partial charge in [0.15, 0.2) is 5.76 Å². The van der Waals surface area contributed by atoms with Crippen LogP contribution in [0.5, 0.6) is 5.75 Å². The van der Waals surface area contributed by atoms with Gasteiger partial charge in [-0.15, -0.1) is 0 Å². The predicted molar refractivity (Wildman–Crippen MR) is 114 cm³/mol. The Morgan fingerprint density at radius 1 is 0.897 bits per heavy atom. The second-order valence-corrected chi connectivity index (χ2v) is 6.64. The number of para-hydroxylation sites is 1. The molecule has 29 heavy (non-hydrogen) atoms. The zero-order valence-corrected chi connectivity index (χ0v) is 15.9. The Hall–Kier alpha value is -3.63. The SMILES string of the molecule is O=C(/C=C/c1ccccc1)Oc1c(-c2ccccc2Cl)oc2ccccc2c1=O. The fourth-order valence-electron chi connectivity index (χ4n) is 2.90. The van der Waals surface area contributed by atoms with E-state index in [2.05, 4.69) is 0 Å². The first-order valence-electron chi connectivity index (χ1n) is 8.89. The summed E-state index contributed by atoms with van der Waals surface area (Å²) in [6.45, 7) is 0. The third-order valence-corrected chi connectivity index (χ3v) is 4.62. The minimum atomic E-state index is -0.690. The summed E-state index contributed by atoms with van der Waals surface area (Å²) in [5, 5.41) is 0.696. The van der Waals surface area contributed by atoms with Crippen LogP contribution in [0.1, 0.15) is 5.56 Å². The number of rotatable bonds is 4. The van der Waals surface area contributed by atoms with E-state index < -0.39 is 11.4 Å². The molecule has 5 heteroatoms. The number of hydrogen-bond donors (Lipinski definition) is 0. The number of fused-ring (bicyclic) bond motifs is 1. The van der Waals surface area contributed by atoms with Crippen LogP contribution in [0.15, 0.2) is 94.2 Å². The minimum absolute atomic E-state index is 0.112. The van der Waals surface area contributed by atoms with E-state index in [1.54, 1.807) is 54.6 Å². The molecule has 3 aromatic carbocycles. The summed E-state index contributed by atoms with van der Waals surface area (Å²) in [5.41, 5.74) is 1.24. The first kappa shape index (κ1) is 18.7. The van der Waals surface area contributed by atoms with Crippen molar-refractivity contribution in [2.24, 2.45) is 0 Å². The molecule has 1 aromatic heterocycles. The summed E-state index contributed by atoms with van der Waals surface area (Å²) < 4.78 is 11.3. The minimum Gasteiger partial charge on any atom is -0.452 e. The van der Waals surface area contributed by atoms with E-state index in [9.17, 15) is 9.59 Å². The lowest BCUT2D eigenvalue weighted by Crippen LogP contribution is -2.14. The second-order valence-electron chi connectivity index (χ2n) is 6.23. The van der Waals surface area contributed by atoms with E-state index in [0.29, 0.717) is 21.6 Å². The molecular formula is C24H15ClO4. The van der Waals surface area contributed by atoms with Crippen molar-refractivity contribution in [1.29, 1.82) is 0 Å². The van der Waals surface area contributed by atoms with Gasteiger partial charge in [-0.2, -0.15) is 0 Å². The molecule has 0 aliphatic rings. The van der Waals surface area contributed by atoms with Crippen LogP contribution in [0.25, 0.3) is 28.4 Å². The molecular weight excluding hydrogens is 388 g/mol. The van der Waals surface area contributed by atoms with Crippen LogP contribution < -0.4 is 10.2 Å². The lowest BCUT2D eigenvalue weighted by atomic mass is 10.1. The highest BCUT2D eigenvalue weighted by molar-refractivity contribution is 6.33. The van der Waals surface area contributed by atoms with Crippen molar-refractivity contribution in [2.45, 2.75) is 0 Å². The topological polar surface area (TPSA) is 56.5 Å². The zero-order valence-electron chi connectivity index (χ0n) is 15.2. The zero-order chi connectivity index (χ0) is 20.2. The maximum absolute atomic E-state index is 13.0. The number of esters is 1. The third kappa shape index (κ3) is 3.98. The van der Waals surface area contributed by atoms with Crippen LogP contribution in [0.4, 0.5) is 0 Å². The van der Waals surface area contributed by atoms with Gasteiger partial charge in [-0.05, 0) is 35.9 Å². The van der Waals surface area contributed by atoms with Crippen molar-refractivity contribution in [3.05, 3.63) is 106 Å². The first-order chi connectivity index (χ1) is 14.1. The third-order valence-electron chi connectivity index (χ3n) is 4.29. The van der Waals surface area contributed by atoms with Crippen molar-refractivity contribution in [2.75, 3.05) is 0 Å². The summed E-state index contributed by atoms with van der Waals surface area (Å²) in [6.07, 6.45) is 2.88. The summed E-state index contributed by atoms with van der Waals surface area (Å²) in [6, 6.07) is 23.0. The first-order valence-corrected chi connectivity index (χ1v) is 9.27. The van der Waals surface area contributed by atoms with E-state index in [0.717, 1.165) is 5.56 Å². The number of hydrogen-bond acceptors (Lipinski definition) is 4. The maximum Gasteiger partial charge on any atom is 0.336 e. The van der Waals surface area contributed by atoms with Crippen LogP contribution in [0, 0.1) is 0 Å². The van der Waals surface area contributed by atoms with E-state index in [4.69, 9.17) is 20.8 Å². The van der Waals surface area contributed by atoms with Crippen molar-refractivity contribution in [1.82, 2.24) is 0 Å². The number of benzene rings is 3. The lowest BCUT2D eigenvalue weighted by Gasteiger charge is -2.10. The van der Waals surface area contributed by atoms with Crippen molar-refractivity contribution in [3.8, 4) is 17.1 Å². The maximum atomic E-state index is 13.0. The molecule has 0 aliphatic heterocycles. The Labute approximate surface area is 171 Å². The average molecular weight is 403 g/mol. The molecule has 0 saturated heterocycles. The van der Waals surface area contributed by atoms with Crippen molar-refractivity contribution in [3.63, 3.8) is 0 Å². The molecule has 0 saturated carbocycles. The standard InChI is InChI=1S/C24H15ClO4/c25-19-12-6-4-10-17(19)23-24(22(27)18-11-5-7-13-20(18)28-23)29-21(26)15-14-16-8-2-1-3-9-16/h1-15H/b15-14+. The van der Waals surface area contributed by atoms with Crippen molar-refractivity contribution < 1.29 is 13.9 Å². The fraction of sp³-hybridized carbons (Fsp3) is 0. The number of halogens is 1. The smallest absolute Gasteiger partial charge is 0.336 e. The van der Waals surface area contributed by atoms with E-state index in [1.165, 1.54) is 6.08 Å². The fourth-order valence-corrected chi connectivity index (χ4v) is 3.12. The van der Waals surface area contributed by atoms with Gasteiger partial charge in [0.2, 0.25) is 11.2 Å². The van der Waals surface area contributed by atoms with Gasteiger partial charge >= 0.3 is 5.97 Å². The molecule has 0 atom stereocenters. The molecule has 4 nitrogen and oxygen atoms in total. The molecule has 0 amide bonds. The van der Waals surface area contributed by atoms with Gasteiger partial charge < -0.3 is 9.15 Å². The average Bonchev–Trinajstić information content (AvgIpc) is 2.75. The number of ether oxygens (including phenoxy) is 1. The van der Waals surface area contributed by atoms with Gasteiger partial charge in [-0.25, -0.2) is 4.79 Å². The summed E-state index contributed by atoms with van der Waals surface area (Å²) in [5.74, 6) is -0.773. The Morgan fingerprint density at radius 3 is 2.38 bits per heavy atom. The summed E-state index contributed by atoms with van der Waals surface area (Å²) >= 11 is 6.30. The van der Waals surface area contributed by atoms with Gasteiger partial charge in [0.05, 0.1) is 10.4 Å². The quantitative estimate of drug-likeness (QED) is 0.323. The Bertz CT molecular complexity index is 1270. The van der Waals surface area contributed by atoms with Crippen LogP contribution in [0.2, 0.25) is 5.02 Å². The molecule has 0 unspecified atom stereocenters. The van der Waals surface area contributed by atoms with Gasteiger partial charge in [-0.3, -0.25) is 4.79 Å². The molecule has 0 N–H and O–H groups in total. The van der Waals surface area contributed by atoms with Crippen LogP contribution in [0.3, 0.4) is 0 Å². The molecule has 0 fully saturated rings. The van der Waals surface area contributed by atoms with E-state index in [1.807, 2.05) is 30.3 Å². The summed E-state index contributed by atoms with van der Waals surface area (Å²) in [7, 11) is 0. The van der Waals surface area contributed by atoms with Crippen LogP contribution in [-0.2, 0) is 4.79 Å². The molecule has 0 spiro atoms. The van der Waals surface area contributed by atoms with E-state index in [-0.39, 0.29) is 11.5 Å². The Morgan fingerprint density at radius 2 is 1.59 bits per heavy atom. The van der Waals surface area contributed by atoms with Crippen molar-refractivity contribution >= 4 is 34.6 Å². The van der Waals surface area contributed by atoms with Crippen LogP contribution >= 0.6 is 11.6 Å². The highest BCUT2D eigenvalue weighted by Crippen LogP contribution is 2.35. The van der Waals surface area contributed by atoms with Gasteiger partial charge in [0.1, 0.15) is 5.58 Å². The van der Waals surface area contributed by atoms with Gasteiger partial charge in [0.25, 0.3) is 0 Å². The molecule has 1 heterocycles. The molecule has 0 radical (unpaired) electrons. The largest absolute Gasteiger partial charge is 0.452 e. The molecule has 4 aromatic rings. The number of carbonyl (C=O) groups excluding carboxylic acids is 1. The predicted octanol–water partition coefficient (Wildman–Crippen LogP) is 5.73. The van der Waals surface area contributed by atoms with Crippen LogP contribution in [-0.4, -0.2) is 5.97 Å². The Balaban J connectivity index is 1.80. The number of carbonyl (C=O) groups is 1. The molecule has 142 valence electrons. The van der Waals surface area contributed by atoms with Gasteiger partial charge in [-0.1, -0.05) is 66.2 Å². The van der Waals surface area contributed by atoms with E-state index >= 15 is 0 Å². The lowest BCUT2D eigenvalue weighted by molar-refractivity contribution is -0.129. The van der Waals surface area contributed by atoms with Gasteiger partial charge in [0, 0.05) is 11.6 Å². The molecule has 0 bridgehead atoms. The molecule has 0 aliphatic carbocycles. The highest BCUT2D eigenvalue weighted by Gasteiger charge is 2.21. The summed E-state index contributed by atoms with van der Waals surface area (Å²) in [4.78, 5) is 25.5. The monoisotopic (exact) mass is 402 g/mol. The normalized spacial score (nSPS) is 11.1.